The maximum Gasteiger partial charge on any atom is 0.378 e. The highest BCUT2D eigenvalue weighted by Crippen LogP contribution is 2.54. The third-order valence-corrected chi connectivity index (χ3v) is 5.57. The van der Waals surface area contributed by atoms with E-state index in [0.29, 0.717) is 23.9 Å². The van der Waals surface area contributed by atoms with Crippen LogP contribution in [-0.2, 0) is 23.1 Å². The lowest BCUT2D eigenvalue weighted by Gasteiger charge is -2.17. The van der Waals surface area contributed by atoms with Crippen molar-refractivity contribution in [1.29, 1.82) is 0 Å². The molecule has 1 aliphatic heterocycles. The second-order valence-corrected chi connectivity index (χ2v) is 7.27. The lowest BCUT2D eigenvalue weighted by molar-refractivity contribution is -0.137. The molecule has 0 fully saturated rings. The van der Waals surface area contributed by atoms with Crippen LogP contribution in [0.3, 0.4) is 0 Å². The number of carbonyl (C=O) groups excluding carboxylic acids is 1. The molecular weight excluding hydrogens is 279 g/mol. The summed E-state index contributed by atoms with van der Waals surface area (Å²) >= 11 is 0. The summed E-state index contributed by atoms with van der Waals surface area (Å²) in [6, 6.07) is 0. The van der Waals surface area contributed by atoms with Crippen LogP contribution in [0, 0.1) is 5.92 Å². The Kier molecular flexibility index (Phi) is 6.77. The molecule has 0 spiro atoms. The molecule has 0 saturated heterocycles. The average Bonchev–Trinajstić information content (AvgIpc) is 2.56. The highest BCUT2D eigenvalue weighted by Gasteiger charge is 2.35. The monoisotopic (exact) mass is 304 g/mol. The summed E-state index contributed by atoms with van der Waals surface area (Å²) in [7, 11) is -0.392. The van der Waals surface area contributed by atoms with Crippen LogP contribution in [0.1, 0.15) is 46.0 Å². The number of hydrogen-bond donors (Lipinski definition) is 0. The molecule has 1 rings (SSSR count). The van der Waals surface area contributed by atoms with Gasteiger partial charge in [-0.2, -0.15) is 0 Å². The molecule has 1 aliphatic rings. The topological polar surface area (TPSA) is 61.8 Å². The molecule has 1 heterocycles. The first-order chi connectivity index (χ1) is 9.47. The van der Waals surface area contributed by atoms with E-state index >= 15 is 0 Å². The van der Waals surface area contributed by atoms with Gasteiger partial charge in [0.05, 0.1) is 18.8 Å². The standard InChI is InChI=1S/C14H25O5P/c1-5-6-7-8-12-9-10-20(16,18-4)19-11(2)13(12)14(15)17-3/h12H,5-10H2,1-4H3/t12-,20+/m1/s1. The van der Waals surface area contributed by atoms with E-state index in [-0.39, 0.29) is 5.92 Å². The molecule has 6 heteroatoms. The van der Waals surface area contributed by atoms with Gasteiger partial charge in [0.1, 0.15) is 5.76 Å². The predicted molar refractivity (Wildman–Crippen MR) is 77.5 cm³/mol. The first-order valence-electron chi connectivity index (χ1n) is 7.11. The summed E-state index contributed by atoms with van der Waals surface area (Å²) in [4.78, 5) is 12.0. The van der Waals surface area contributed by atoms with Crippen LogP contribution in [0.2, 0.25) is 0 Å². The van der Waals surface area contributed by atoms with Gasteiger partial charge in [0, 0.05) is 7.11 Å². The molecule has 0 bridgehead atoms. The maximum absolute atomic E-state index is 12.3. The van der Waals surface area contributed by atoms with Crippen LogP contribution in [0.5, 0.6) is 0 Å². The normalized spacial score (nSPS) is 26.9. The molecule has 0 aromatic heterocycles. The molecule has 2 atom stereocenters. The molecule has 0 aliphatic carbocycles. The molecule has 0 amide bonds. The Morgan fingerprint density at radius 2 is 2.10 bits per heavy atom. The average molecular weight is 304 g/mol. The van der Waals surface area contributed by atoms with Gasteiger partial charge in [-0.25, -0.2) is 9.36 Å². The predicted octanol–water partition coefficient (Wildman–Crippen LogP) is 3.89. The van der Waals surface area contributed by atoms with Gasteiger partial charge in [-0.15, -0.1) is 0 Å². The van der Waals surface area contributed by atoms with E-state index < -0.39 is 13.6 Å². The summed E-state index contributed by atoms with van der Waals surface area (Å²) in [6.45, 7) is 3.80. The van der Waals surface area contributed by atoms with Crippen molar-refractivity contribution in [2.45, 2.75) is 46.0 Å². The molecule has 0 aromatic carbocycles. The van der Waals surface area contributed by atoms with Crippen molar-refractivity contribution in [3.05, 3.63) is 11.3 Å². The molecule has 20 heavy (non-hydrogen) atoms. The minimum atomic E-state index is -3.12. The number of rotatable bonds is 6. The Bertz CT molecular complexity index is 416. The van der Waals surface area contributed by atoms with Gasteiger partial charge in [-0.05, 0) is 25.7 Å². The Balaban J connectivity index is 2.99. The van der Waals surface area contributed by atoms with Crippen molar-refractivity contribution in [2.24, 2.45) is 5.92 Å². The highest BCUT2D eigenvalue weighted by atomic mass is 31.2. The van der Waals surface area contributed by atoms with E-state index in [4.69, 9.17) is 13.8 Å². The zero-order chi connectivity index (χ0) is 15.2. The van der Waals surface area contributed by atoms with E-state index in [1.54, 1.807) is 6.92 Å². The molecule has 116 valence electrons. The Hall–Kier alpha value is -0.800. The molecule has 0 aromatic rings. The van der Waals surface area contributed by atoms with Crippen LogP contribution in [0.4, 0.5) is 0 Å². The van der Waals surface area contributed by atoms with E-state index in [9.17, 15) is 9.36 Å². The third-order valence-electron chi connectivity index (χ3n) is 3.65. The highest BCUT2D eigenvalue weighted by molar-refractivity contribution is 7.53. The van der Waals surface area contributed by atoms with Crippen LogP contribution >= 0.6 is 7.60 Å². The van der Waals surface area contributed by atoms with E-state index in [2.05, 4.69) is 6.92 Å². The molecule has 0 saturated carbocycles. The molecular formula is C14H25O5P. The Morgan fingerprint density at radius 3 is 2.65 bits per heavy atom. The van der Waals surface area contributed by atoms with Gasteiger partial charge >= 0.3 is 13.6 Å². The Morgan fingerprint density at radius 1 is 1.40 bits per heavy atom. The maximum atomic E-state index is 12.3. The number of esters is 1. The lowest BCUT2D eigenvalue weighted by Crippen LogP contribution is -2.16. The number of methoxy groups -OCH3 is 1. The second kappa shape index (κ2) is 7.84. The van der Waals surface area contributed by atoms with E-state index in [0.717, 1.165) is 25.7 Å². The summed E-state index contributed by atoms with van der Waals surface area (Å²) in [6.07, 6.45) is 5.10. The van der Waals surface area contributed by atoms with E-state index in [1.165, 1.54) is 14.2 Å². The zero-order valence-corrected chi connectivity index (χ0v) is 13.7. The second-order valence-electron chi connectivity index (χ2n) is 5.05. The van der Waals surface area contributed by atoms with Gasteiger partial charge in [0.15, 0.2) is 0 Å². The molecule has 5 nitrogen and oxygen atoms in total. The van der Waals surface area contributed by atoms with Crippen molar-refractivity contribution in [3.8, 4) is 0 Å². The quantitative estimate of drug-likeness (QED) is 0.423. The summed E-state index contributed by atoms with van der Waals surface area (Å²) in [5, 5.41) is 0. The van der Waals surface area contributed by atoms with Crippen LogP contribution in [0.15, 0.2) is 11.3 Å². The third kappa shape index (κ3) is 4.35. The number of carbonyl (C=O) groups is 1. The lowest BCUT2D eigenvalue weighted by atomic mass is 9.90. The summed E-state index contributed by atoms with van der Waals surface area (Å²) < 4.78 is 27.6. The van der Waals surface area contributed by atoms with Crippen LogP contribution < -0.4 is 0 Å². The molecule has 0 radical (unpaired) electrons. The minimum absolute atomic E-state index is 0.0278. The van der Waals surface area contributed by atoms with Crippen LogP contribution in [0.25, 0.3) is 0 Å². The number of allylic oxidation sites excluding steroid dienone is 1. The van der Waals surface area contributed by atoms with Crippen molar-refractivity contribution in [1.82, 2.24) is 0 Å². The summed E-state index contributed by atoms with van der Waals surface area (Å²) in [5.74, 6) is 0.00885. The fraction of sp³-hybridized carbons (Fsp3) is 0.786. The van der Waals surface area contributed by atoms with Gasteiger partial charge in [0.2, 0.25) is 0 Å². The van der Waals surface area contributed by atoms with Crippen LogP contribution in [-0.4, -0.2) is 26.4 Å². The minimum Gasteiger partial charge on any atom is -0.466 e. The largest absolute Gasteiger partial charge is 0.466 e. The summed E-state index contributed by atoms with van der Waals surface area (Å²) in [5.41, 5.74) is 0.512. The first kappa shape index (κ1) is 17.3. The van der Waals surface area contributed by atoms with Crippen molar-refractivity contribution < 1.29 is 23.1 Å². The van der Waals surface area contributed by atoms with Crippen molar-refractivity contribution >= 4 is 13.6 Å². The number of ether oxygens (including phenoxy) is 1. The van der Waals surface area contributed by atoms with Crippen molar-refractivity contribution in [3.63, 3.8) is 0 Å². The zero-order valence-electron chi connectivity index (χ0n) is 12.8. The first-order valence-corrected chi connectivity index (χ1v) is 8.83. The van der Waals surface area contributed by atoms with E-state index in [1.807, 2.05) is 0 Å². The smallest absolute Gasteiger partial charge is 0.378 e. The number of unbranched alkanes of at least 4 members (excludes halogenated alkanes) is 2. The van der Waals surface area contributed by atoms with Gasteiger partial charge in [0.25, 0.3) is 0 Å². The fourth-order valence-electron chi connectivity index (χ4n) is 2.53. The van der Waals surface area contributed by atoms with Crippen molar-refractivity contribution in [2.75, 3.05) is 20.4 Å². The molecule has 0 N–H and O–H groups in total. The fourth-order valence-corrected chi connectivity index (χ4v) is 4.02. The van der Waals surface area contributed by atoms with Gasteiger partial charge in [-0.1, -0.05) is 26.2 Å². The SMILES string of the molecule is CCCCC[C@@H]1CC[P@](=O)(OC)OC(C)=C1C(=O)OC. The van der Waals surface area contributed by atoms with Gasteiger partial charge < -0.3 is 13.8 Å². The van der Waals surface area contributed by atoms with Gasteiger partial charge in [-0.3, -0.25) is 0 Å². The Labute approximate surface area is 121 Å². The molecule has 0 unspecified atom stereocenters. The number of hydrogen-bond acceptors (Lipinski definition) is 5.